The molecule has 0 aliphatic heterocycles. The Labute approximate surface area is 123 Å². The van der Waals surface area contributed by atoms with Crippen LogP contribution in [0, 0.1) is 0 Å². The summed E-state index contributed by atoms with van der Waals surface area (Å²) in [4.78, 5) is 24.8. The number of benzene rings is 2. The number of nitrogens with one attached hydrogen (secondary N) is 1. The highest BCUT2D eigenvalue weighted by Gasteiger charge is 2.17. The molecule has 0 amide bonds. The van der Waals surface area contributed by atoms with Crippen molar-refractivity contribution in [1.29, 1.82) is 0 Å². The number of fused-ring (bicyclic) bond motifs is 3. The van der Waals surface area contributed by atoms with Gasteiger partial charge >= 0.3 is 0 Å². The fourth-order valence-corrected chi connectivity index (χ4v) is 2.67. The number of para-hydroxylation sites is 2. The van der Waals surface area contributed by atoms with Gasteiger partial charge in [0, 0.05) is 5.39 Å². The summed E-state index contributed by atoms with van der Waals surface area (Å²) in [5.41, 5.74) is 0.169. The predicted octanol–water partition coefficient (Wildman–Crippen LogP) is 1.87. The van der Waals surface area contributed by atoms with E-state index in [9.17, 15) is 14.8 Å². The van der Waals surface area contributed by atoms with Crippen LogP contribution in [0.3, 0.4) is 0 Å². The summed E-state index contributed by atoms with van der Waals surface area (Å²) >= 11 is 0. The Balaban J connectivity index is 2.24. The van der Waals surface area contributed by atoms with E-state index in [0.29, 0.717) is 26.8 Å². The lowest BCUT2D eigenvalue weighted by Gasteiger charge is -2.03. The molecule has 0 saturated heterocycles. The average Bonchev–Trinajstić information content (AvgIpc) is 2.91. The second kappa shape index (κ2) is 4.36. The van der Waals surface area contributed by atoms with Crippen molar-refractivity contribution in [3.8, 4) is 5.69 Å². The molecule has 0 bridgehead atoms. The van der Waals surface area contributed by atoms with Gasteiger partial charge in [0.1, 0.15) is 5.39 Å². The number of pyridine rings is 1. The maximum Gasteiger partial charge on any atom is 0.298 e. The van der Waals surface area contributed by atoms with Gasteiger partial charge in [-0.3, -0.25) is 14.7 Å². The molecule has 0 fully saturated rings. The summed E-state index contributed by atoms with van der Waals surface area (Å²) < 4.78 is 1.82. The molecule has 0 aliphatic carbocycles. The van der Waals surface area contributed by atoms with Gasteiger partial charge in [-0.05, 0) is 18.2 Å². The molecule has 0 aliphatic rings. The van der Waals surface area contributed by atoms with Gasteiger partial charge in [-0.1, -0.05) is 36.4 Å². The van der Waals surface area contributed by atoms with E-state index < -0.39 is 11.1 Å². The van der Waals surface area contributed by atoms with Crippen LogP contribution < -0.4 is 11.1 Å². The van der Waals surface area contributed by atoms with E-state index in [2.05, 4.69) is 5.10 Å². The molecule has 2 aromatic heterocycles. The molecule has 0 spiro atoms. The Morgan fingerprint density at radius 1 is 0.864 bits per heavy atom. The average molecular weight is 293 g/mol. The fraction of sp³-hybridized carbons (Fsp3) is 0. The zero-order valence-corrected chi connectivity index (χ0v) is 11.4. The maximum absolute atomic E-state index is 12.6. The van der Waals surface area contributed by atoms with Gasteiger partial charge in [0.2, 0.25) is 0 Å². The molecule has 4 rings (SSSR count). The highest BCUT2D eigenvalue weighted by molar-refractivity contribution is 6.02. The smallest absolute Gasteiger partial charge is 0.298 e. The molecule has 2 aromatic carbocycles. The first-order valence-electron chi connectivity index (χ1n) is 6.71. The number of aromatic amines is 1. The molecule has 6 nitrogen and oxygen atoms in total. The predicted molar refractivity (Wildman–Crippen MR) is 82.8 cm³/mol. The lowest BCUT2D eigenvalue weighted by molar-refractivity contribution is 0.190. The monoisotopic (exact) mass is 293 g/mol. The van der Waals surface area contributed by atoms with Crippen LogP contribution in [-0.4, -0.2) is 19.7 Å². The fourth-order valence-electron chi connectivity index (χ4n) is 2.67. The third-order valence-corrected chi connectivity index (χ3v) is 3.71. The molecule has 2 heterocycles. The summed E-state index contributed by atoms with van der Waals surface area (Å²) in [5, 5.41) is 13.5. The lowest BCUT2D eigenvalue weighted by Crippen LogP contribution is -2.24. The molecule has 6 heteroatoms. The van der Waals surface area contributed by atoms with Crippen LogP contribution in [0.15, 0.2) is 64.2 Å². The first kappa shape index (κ1) is 12.5. The van der Waals surface area contributed by atoms with Gasteiger partial charge in [0.15, 0.2) is 0 Å². The minimum atomic E-state index is -0.732. The van der Waals surface area contributed by atoms with Gasteiger partial charge in [-0.15, -0.1) is 4.73 Å². The molecular weight excluding hydrogens is 282 g/mol. The normalized spacial score (nSPS) is 11.3. The molecular formula is C16H11N3O3. The van der Waals surface area contributed by atoms with Crippen LogP contribution >= 0.6 is 0 Å². The summed E-state index contributed by atoms with van der Waals surface area (Å²) in [6, 6.07) is 15.8. The van der Waals surface area contributed by atoms with Crippen LogP contribution in [0.5, 0.6) is 0 Å². The number of H-pyrrole nitrogens is 1. The van der Waals surface area contributed by atoms with Crippen molar-refractivity contribution >= 4 is 21.8 Å². The SMILES string of the molecule is O=c1c2c(=O)n(O)c3ccccc3c2[nH]n1-c1ccccc1. The summed E-state index contributed by atoms with van der Waals surface area (Å²) in [6.45, 7) is 0. The van der Waals surface area contributed by atoms with Crippen molar-refractivity contribution in [3.63, 3.8) is 0 Å². The Morgan fingerprint density at radius 2 is 1.55 bits per heavy atom. The van der Waals surface area contributed by atoms with E-state index in [1.54, 1.807) is 48.5 Å². The maximum atomic E-state index is 12.6. The molecule has 0 atom stereocenters. The van der Waals surface area contributed by atoms with E-state index in [0.717, 1.165) is 0 Å². The first-order valence-corrected chi connectivity index (χ1v) is 6.71. The van der Waals surface area contributed by atoms with Crippen molar-refractivity contribution in [2.45, 2.75) is 0 Å². The zero-order valence-electron chi connectivity index (χ0n) is 11.4. The Bertz CT molecular complexity index is 1120. The topological polar surface area (TPSA) is 80.0 Å². The van der Waals surface area contributed by atoms with E-state index in [1.165, 1.54) is 4.68 Å². The van der Waals surface area contributed by atoms with Crippen LogP contribution in [0.4, 0.5) is 0 Å². The van der Waals surface area contributed by atoms with Crippen LogP contribution in [0.25, 0.3) is 27.5 Å². The largest absolute Gasteiger partial charge is 0.425 e. The zero-order chi connectivity index (χ0) is 15.3. The molecule has 2 N–H and O–H groups in total. The molecule has 22 heavy (non-hydrogen) atoms. The van der Waals surface area contributed by atoms with Gasteiger partial charge in [-0.2, -0.15) is 0 Å². The highest BCUT2D eigenvalue weighted by atomic mass is 16.5. The summed E-state index contributed by atoms with van der Waals surface area (Å²) in [5.74, 6) is 0. The highest BCUT2D eigenvalue weighted by Crippen LogP contribution is 2.19. The van der Waals surface area contributed by atoms with Gasteiger partial charge in [0.05, 0.1) is 16.7 Å². The number of hydrogen-bond acceptors (Lipinski definition) is 3. The molecule has 0 radical (unpaired) electrons. The van der Waals surface area contributed by atoms with Crippen molar-refractivity contribution < 1.29 is 5.21 Å². The Hall–Kier alpha value is -3.28. The Kier molecular flexibility index (Phi) is 2.47. The van der Waals surface area contributed by atoms with Crippen LogP contribution in [0.2, 0.25) is 0 Å². The second-order valence-electron chi connectivity index (χ2n) is 4.97. The minimum absolute atomic E-state index is 0.0648. The van der Waals surface area contributed by atoms with Crippen molar-refractivity contribution in [2.24, 2.45) is 0 Å². The van der Waals surface area contributed by atoms with Crippen molar-refractivity contribution in [2.75, 3.05) is 0 Å². The van der Waals surface area contributed by atoms with E-state index >= 15 is 0 Å². The first-order chi connectivity index (χ1) is 10.7. The second-order valence-corrected chi connectivity index (χ2v) is 4.97. The third-order valence-electron chi connectivity index (χ3n) is 3.71. The number of hydrogen-bond donors (Lipinski definition) is 2. The molecule has 0 saturated carbocycles. The number of nitrogens with zero attached hydrogens (tertiary/aromatic N) is 2. The molecule has 108 valence electrons. The standard InChI is InChI=1S/C16H11N3O3/c20-15-13-14(17-18(15)10-6-2-1-3-7-10)11-8-4-5-9-12(11)19(22)16(13)21/h1-9,17,22H. The summed E-state index contributed by atoms with van der Waals surface area (Å²) in [7, 11) is 0. The lowest BCUT2D eigenvalue weighted by atomic mass is 10.2. The van der Waals surface area contributed by atoms with Crippen LogP contribution in [0.1, 0.15) is 0 Å². The Morgan fingerprint density at radius 3 is 2.32 bits per heavy atom. The van der Waals surface area contributed by atoms with Crippen LogP contribution in [-0.2, 0) is 0 Å². The van der Waals surface area contributed by atoms with Gasteiger partial charge in [0.25, 0.3) is 11.1 Å². The quantitative estimate of drug-likeness (QED) is 0.526. The molecule has 4 aromatic rings. The van der Waals surface area contributed by atoms with Gasteiger partial charge in [-0.25, -0.2) is 4.68 Å². The van der Waals surface area contributed by atoms with Crippen molar-refractivity contribution in [3.05, 3.63) is 75.3 Å². The van der Waals surface area contributed by atoms with E-state index in [4.69, 9.17) is 0 Å². The minimum Gasteiger partial charge on any atom is -0.425 e. The number of rotatable bonds is 1. The van der Waals surface area contributed by atoms with Crippen molar-refractivity contribution in [1.82, 2.24) is 14.5 Å². The summed E-state index contributed by atoms with van der Waals surface area (Å²) in [6.07, 6.45) is 0. The number of aromatic nitrogens is 3. The van der Waals surface area contributed by atoms with E-state index in [-0.39, 0.29) is 5.39 Å². The van der Waals surface area contributed by atoms with E-state index in [1.807, 2.05) is 6.07 Å². The molecule has 0 unspecified atom stereocenters. The third kappa shape index (κ3) is 1.54. The van der Waals surface area contributed by atoms with Gasteiger partial charge < -0.3 is 5.21 Å².